The van der Waals surface area contributed by atoms with Gasteiger partial charge in [0.05, 0.1) is 6.07 Å². The molecule has 1 saturated heterocycles. The van der Waals surface area contributed by atoms with Gasteiger partial charge in [-0.2, -0.15) is 5.26 Å². The third-order valence-corrected chi connectivity index (χ3v) is 2.56. The minimum atomic E-state index is -0.168. The highest BCUT2D eigenvalue weighted by Crippen LogP contribution is 2.29. The second kappa shape index (κ2) is 2.59. The maximum absolute atomic E-state index is 8.64. The monoisotopic (exact) mass is 142 g/mol. The maximum Gasteiger partial charge on any atom is 0.114 e. The van der Waals surface area contributed by atoms with Crippen LogP contribution in [0.2, 0.25) is 0 Å². The first-order valence-electron chi connectivity index (χ1n) is 3.09. The van der Waals surface area contributed by atoms with Gasteiger partial charge in [-0.3, -0.25) is 4.72 Å². The molecular formula is C6H10N2S. The molecule has 0 aliphatic carbocycles. The second-order valence-electron chi connectivity index (χ2n) is 2.44. The Bertz CT molecular complexity index is 132. The molecule has 3 heteroatoms. The number of nitrogens with one attached hydrogen (secondary N) is 1. The highest BCUT2D eigenvalue weighted by atomic mass is 32.2. The summed E-state index contributed by atoms with van der Waals surface area (Å²) in [6.45, 7) is 3.02. The summed E-state index contributed by atoms with van der Waals surface area (Å²) >= 11 is 1.55. The molecule has 0 aromatic rings. The van der Waals surface area contributed by atoms with Crippen LogP contribution < -0.4 is 4.72 Å². The van der Waals surface area contributed by atoms with Gasteiger partial charge in [0.2, 0.25) is 0 Å². The van der Waals surface area contributed by atoms with E-state index in [4.69, 9.17) is 5.26 Å². The Hall–Kier alpha value is -0.200. The average molecular weight is 142 g/mol. The molecule has 1 fully saturated rings. The molecule has 1 aliphatic rings. The first-order chi connectivity index (χ1) is 4.27. The first-order valence-corrected chi connectivity index (χ1v) is 3.91. The van der Waals surface area contributed by atoms with E-state index in [1.165, 1.54) is 0 Å². The van der Waals surface area contributed by atoms with Crippen molar-refractivity contribution in [2.75, 3.05) is 6.54 Å². The third-order valence-electron chi connectivity index (χ3n) is 1.47. The molecule has 0 bridgehead atoms. The van der Waals surface area contributed by atoms with Crippen LogP contribution in [0.3, 0.4) is 0 Å². The van der Waals surface area contributed by atoms with Gasteiger partial charge in [0, 0.05) is 6.54 Å². The average Bonchev–Trinajstić information content (AvgIpc) is 1.90. The molecule has 1 N–H and O–H groups in total. The molecule has 0 aromatic heterocycles. The van der Waals surface area contributed by atoms with Gasteiger partial charge in [0.1, 0.15) is 4.75 Å². The fourth-order valence-corrected chi connectivity index (χ4v) is 1.69. The molecule has 1 atom stereocenters. The Morgan fingerprint density at radius 2 is 2.56 bits per heavy atom. The molecule has 0 radical (unpaired) electrons. The molecule has 1 heterocycles. The van der Waals surface area contributed by atoms with Crippen molar-refractivity contribution in [2.24, 2.45) is 0 Å². The van der Waals surface area contributed by atoms with Crippen LogP contribution in [-0.4, -0.2) is 11.3 Å². The lowest BCUT2D eigenvalue weighted by Gasteiger charge is -2.25. The van der Waals surface area contributed by atoms with Crippen LogP contribution in [0, 0.1) is 11.3 Å². The van der Waals surface area contributed by atoms with Crippen molar-refractivity contribution < 1.29 is 0 Å². The van der Waals surface area contributed by atoms with Crippen molar-refractivity contribution in [1.82, 2.24) is 4.72 Å². The summed E-state index contributed by atoms with van der Waals surface area (Å²) < 4.78 is 2.95. The van der Waals surface area contributed by atoms with Crippen LogP contribution >= 0.6 is 11.9 Å². The predicted molar refractivity (Wildman–Crippen MR) is 38.8 cm³/mol. The molecule has 1 unspecified atom stereocenters. The van der Waals surface area contributed by atoms with E-state index in [1.54, 1.807) is 11.9 Å². The van der Waals surface area contributed by atoms with E-state index in [1.807, 2.05) is 6.92 Å². The lowest BCUT2D eigenvalue weighted by molar-refractivity contribution is 0.618. The van der Waals surface area contributed by atoms with E-state index < -0.39 is 0 Å². The molecule has 9 heavy (non-hydrogen) atoms. The summed E-state index contributed by atoms with van der Waals surface area (Å²) in [4.78, 5) is 0. The Labute approximate surface area is 59.8 Å². The standard InChI is InChI=1S/C6H10N2S/c1-6(5-7)3-2-4-8-9-6/h8H,2-4H2,1H3. The van der Waals surface area contributed by atoms with Crippen LogP contribution in [0.1, 0.15) is 19.8 Å². The molecule has 0 aromatic carbocycles. The summed E-state index contributed by atoms with van der Waals surface area (Å²) in [5, 5.41) is 8.64. The lowest BCUT2D eigenvalue weighted by atomic mass is 10.1. The van der Waals surface area contributed by atoms with Crippen LogP contribution in [0.4, 0.5) is 0 Å². The zero-order valence-corrected chi connectivity index (χ0v) is 6.29. The molecule has 0 saturated carbocycles. The molecule has 1 rings (SSSR count). The molecule has 0 spiro atoms. The SMILES string of the molecule is CC1(C#N)CCCNS1. The minimum absolute atomic E-state index is 0.168. The Morgan fingerprint density at radius 1 is 1.78 bits per heavy atom. The van der Waals surface area contributed by atoms with Crippen molar-refractivity contribution in [3.05, 3.63) is 0 Å². The number of nitrogens with zero attached hydrogens (tertiary/aromatic N) is 1. The largest absolute Gasteiger partial charge is 0.263 e. The first kappa shape index (κ1) is 6.91. The summed E-state index contributed by atoms with van der Waals surface area (Å²) in [6, 6.07) is 2.28. The van der Waals surface area contributed by atoms with E-state index in [2.05, 4.69) is 10.8 Å². The molecule has 0 amide bonds. The third kappa shape index (κ3) is 1.60. The van der Waals surface area contributed by atoms with Crippen LogP contribution in [-0.2, 0) is 0 Å². The van der Waals surface area contributed by atoms with E-state index in [0.717, 1.165) is 19.4 Å². The van der Waals surface area contributed by atoms with Crippen LogP contribution in [0.15, 0.2) is 0 Å². The summed E-state index contributed by atoms with van der Waals surface area (Å²) in [6.07, 6.45) is 2.14. The lowest BCUT2D eigenvalue weighted by Crippen LogP contribution is -2.29. The Kier molecular flexibility index (Phi) is 1.99. The number of hydrogen-bond acceptors (Lipinski definition) is 3. The minimum Gasteiger partial charge on any atom is -0.263 e. The van der Waals surface area contributed by atoms with Gasteiger partial charge in [0.25, 0.3) is 0 Å². The summed E-state index contributed by atoms with van der Waals surface area (Å²) in [5.41, 5.74) is 0. The van der Waals surface area contributed by atoms with Crippen LogP contribution in [0.5, 0.6) is 0 Å². The van der Waals surface area contributed by atoms with Gasteiger partial charge in [-0.25, -0.2) is 0 Å². The van der Waals surface area contributed by atoms with Crippen molar-refractivity contribution in [2.45, 2.75) is 24.5 Å². The smallest absolute Gasteiger partial charge is 0.114 e. The molecule has 50 valence electrons. The fourth-order valence-electron chi connectivity index (χ4n) is 0.838. The molecular weight excluding hydrogens is 132 g/mol. The van der Waals surface area contributed by atoms with E-state index >= 15 is 0 Å². The second-order valence-corrected chi connectivity index (χ2v) is 3.84. The highest BCUT2D eigenvalue weighted by molar-refractivity contribution is 7.99. The zero-order valence-electron chi connectivity index (χ0n) is 5.48. The highest BCUT2D eigenvalue weighted by Gasteiger charge is 2.26. The van der Waals surface area contributed by atoms with Gasteiger partial charge < -0.3 is 0 Å². The van der Waals surface area contributed by atoms with Crippen molar-refractivity contribution in [3.8, 4) is 6.07 Å². The van der Waals surface area contributed by atoms with Gasteiger partial charge in [0.15, 0.2) is 0 Å². The van der Waals surface area contributed by atoms with Gasteiger partial charge in [-0.05, 0) is 19.8 Å². The normalized spacial score (nSPS) is 35.6. The maximum atomic E-state index is 8.64. The predicted octanol–water partition coefficient (Wildman–Crippen LogP) is 1.30. The van der Waals surface area contributed by atoms with E-state index in [9.17, 15) is 0 Å². The van der Waals surface area contributed by atoms with Crippen LogP contribution in [0.25, 0.3) is 0 Å². The Balaban J connectivity index is 2.49. The quantitative estimate of drug-likeness (QED) is 0.518. The molecule has 2 nitrogen and oxygen atoms in total. The van der Waals surface area contributed by atoms with Crippen molar-refractivity contribution >= 4 is 11.9 Å². The number of hydrogen-bond donors (Lipinski definition) is 1. The zero-order chi connectivity index (χ0) is 6.74. The van der Waals surface area contributed by atoms with Gasteiger partial charge >= 0.3 is 0 Å². The van der Waals surface area contributed by atoms with E-state index in [-0.39, 0.29) is 4.75 Å². The topological polar surface area (TPSA) is 35.8 Å². The van der Waals surface area contributed by atoms with Gasteiger partial charge in [-0.15, -0.1) is 0 Å². The fraction of sp³-hybridized carbons (Fsp3) is 0.833. The van der Waals surface area contributed by atoms with Gasteiger partial charge in [-0.1, -0.05) is 11.9 Å². The number of nitriles is 1. The molecule has 1 aliphatic heterocycles. The number of rotatable bonds is 0. The van der Waals surface area contributed by atoms with Crippen molar-refractivity contribution in [1.29, 1.82) is 5.26 Å². The van der Waals surface area contributed by atoms with Crippen molar-refractivity contribution in [3.63, 3.8) is 0 Å². The summed E-state index contributed by atoms with van der Waals surface area (Å²) in [5.74, 6) is 0. The van der Waals surface area contributed by atoms with E-state index in [0.29, 0.717) is 0 Å². The Morgan fingerprint density at radius 3 is 2.89 bits per heavy atom. The summed E-state index contributed by atoms with van der Waals surface area (Å²) in [7, 11) is 0.